The highest BCUT2D eigenvalue weighted by atomic mass is 19.1. The Labute approximate surface area is 324 Å². The van der Waals surface area contributed by atoms with E-state index in [0.29, 0.717) is 40.1 Å². The number of aromatic amines is 1. The normalized spacial score (nSPS) is 13.0. The van der Waals surface area contributed by atoms with Crippen LogP contribution in [-0.4, -0.2) is 82.6 Å². The molecule has 0 bridgehead atoms. The van der Waals surface area contributed by atoms with Crippen molar-refractivity contribution in [2.24, 2.45) is 0 Å². The van der Waals surface area contributed by atoms with E-state index in [9.17, 15) is 23.2 Å². The Morgan fingerprint density at radius 2 is 1.39 bits per heavy atom. The number of aromatic nitrogens is 10. The average molecular weight is 784 g/mol. The van der Waals surface area contributed by atoms with E-state index in [1.807, 2.05) is 0 Å². The molecule has 0 atom stereocenters. The number of nitrogens with zero attached hydrogens (tertiary/aromatic N) is 9. The van der Waals surface area contributed by atoms with Crippen molar-refractivity contribution in [1.82, 2.24) is 49.9 Å². The van der Waals surface area contributed by atoms with Gasteiger partial charge in [0.2, 0.25) is 23.5 Å². The minimum absolute atomic E-state index is 0.0672. The monoisotopic (exact) mass is 783 g/mol. The van der Waals surface area contributed by atoms with E-state index in [1.54, 1.807) is 69.3 Å². The van der Waals surface area contributed by atoms with Gasteiger partial charge in [0.1, 0.15) is 39.8 Å². The Balaban J connectivity index is 0.000000194. The van der Waals surface area contributed by atoms with Crippen molar-refractivity contribution in [2.45, 2.75) is 58.5 Å². The van der Waals surface area contributed by atoms with Gasteiger partial charge in [0.15, 0.2) is 11.6 Å². The number of hydrogen-bond acceptors (Lipinski definition) is 13. The van der Waals surface area contributed by atoms with E-state index in [1.165, 1.54) is 49.6 Å². The van der Waals surface area contributed by atoms with E-state index in [0.717, 1.165) is 0 Å². The molecule has 0 aliphatic carbocycles. The zero-order valence-electron chi connectivity index (χ0n) is 32.1. The Hall–Kier alpha value is -6.92. The molecule has 2 aromatic carbocycles. The van der Waals surface area contributed by atoms with Gasteiger partial charge in [-0.3, -0.25) is 14.4 Å². The van der Waals surface area contributed by atoms with Gasteiger partial charge in [0.25, 0.3) is 5.56 Å². The number of rotatable bonds is 11. The van der Waals surface area contributed by atoms with Crippen LogP contribution < -0.4 is 20.3 Å². The molecule has 296 valence electrons. The summed E-state index contributed by atoms with van der Waals surface area (Å²) in [6.45, 7) is 8.78. The summed E-state index contributed by atoms with van der Waals surface area (Å²) in [4.78, 5) is 43.7. The molecule has 0 saturated heterocycles. The lowest BCUT2D eigenvalue weighted by molar-refractivity contribution is -0.149. The molecule has 0 spiro atoms. The molecule has 57 heavy (non-hydrogen) atoms. The average Bonchev–Trinajstić information content (AvgIpc) is 3.86. The molecular weight excluding hydrogens is 744 g/mol. The summed E-state index contributed by atoms with van der Waals surface area (Å²) in [5.41, 5.74) is -0.598. The lowest BCUT2D eigenvalue weighted by Crippen LogP contribution is -2.38. The van der Waals surface area contributed by atoms with Crippen LogP contribution in [0.5, 0.6) is 11.8 Å². The number of carbonyl (C=O) groups is 2. The van der Waals surface area contributed by atoms with Gasteiger partial charge in [-0.15, -0.1) is 20.4 Å². The summed E-state index contributed by atoms with van der Waals surface area (Å²) in [5.74, 6) is 0.0531. The van der Waals surface area contributed by atoms with E-state index < -0.39 is 22.4 Å². The molecule has 4 aromatic heterocycles. The van der Waals surface area contributed by atoms with E-state index >= 15 is 0 Å². The highest BCUT2D eigenvalue weighted by Crippen LogP contribution is 2.35. The number of benzene rings is 2. The maximum absolute atomic E-state index is 14.0. The van der Waals surface area contributed by atoms with Crippen molar-refractivity contribution in [3.05, 3.63) is 105 Å². The first-order chi connectivity index (χ1) is 27.2. The fourth-order valence-electron chi connectivity index (χ4n) is 5.74. The van der Waals surface area contributed by atoms with Crippen LogP contribution in [0.3, 0.4) is 0 Å². The van der Waals surface area contributed by atoms with Crippen LogP contribution in [0.1, 0.15) is 57.1 Å². The van der Waals surface area contributed by atoms with Crippen LogP contribution in [0.4, 0.5) is 14.6 Å². The summed E-state index contributed by atoms with van der Waals surface area (Å²) >= 11 is 0. The van der Waals surface area contributed by atoms with Gasteiger partial charge in [0, 0.05) is 23.3 Å². The van der Waals surface area contributed by atoms with E-state index in [4.69, 9.17) is 14.2 Å². The van der Waals surface area contributed by atoms with Gasteiger partial charge in [-0.1, -0.05) is 36.4 Å². The molecule has 7 rings (SSSR count). The summed E-state index contributed by atoms with van der Waals surface area (Å²) in [6, 6.07) is 16.0. The smallest absolute Gasteiger partial charge is 0.317 e. The molecular formula is C38H39F2N11O6. The number of methoxy groups -OCH3 is 2. The number of halogens is 2. The van der Waals surface area contributed by atoms with Crippen molar-refractivity contribution in [3.63, 3.8) is 0 Å². The third-order valence-corrected chi connectivity index (χ3v) is 9.09. The van der Waals surface area contributed by atoms with Gasteiger partial charge in [-0.05, 0) is 46.8 Å². The summed E-state index contributed by atoms with van der Waals surface area (Å²) in [7, 11) is 2.96. The molecule has 5 heterocycles. The fraction of sp³-hybridized carbons (Fsp3) is 0.316. The van der Waals surface area contributed by atoms with Gasteiger partial charge >= 0.3 is 5.97 Å². The number of fused-ring (bicyclic) bond motifs is 1. The molecule has 2 N–H and O–H groups in total. The number of ether oxygens (including phenoxy) is 3. The molecule has 1 aliphatic rings. The molecule has 19 heteroatoms. The molecule has 17 nitrogen and oxygen atoms in total. The summed E-state index contributed by atoms with van der Waals surface area (Å²) in [5, 5.41) is 27.7. The van der Waals surface area contributed by atoms with Crippen LogP contribution in [-0.2, 0) is 38.2 Å². The zero-order valence-corrected chi connectivity index (χ0v) is 32.1. The number of esters is 1. The van der Waals surface area contributed by atoms with Gasteiger partial charge in [0.05, 0.1) is 39.3 Å². The predicted molar refractivity (Wildman–Crippen MR) is 200 cm³/mol. The first kappa shape index (κ1) is 39.8. The molecule has 0 radical (unpaired) electrons. The lowest BCUT2D eigenvalue weighted by atomic mass is 9.90. The topological polar surface area (TPSA) is 207 Å². The number of carbonyl (C=O) groups excluding carboxylic acids is 2. The molecule has 0 saturated carbocycles. The number of anilines is 1. The Morgan fingerprint density at radius 3 is 1.93 bits per heavy atom. The van der Waals surface area contributed by atoms with Gasteiger partial charge in [-0.2, -0.15) is 10.2 Å². The Bertz CT molecular complexity index is 2510. The zero-order chi connectivity index (χ0) is 41.1. The molecule has 1 aliphatic heterocycles. The molecule has 0 unspecified atom stereocenters. The van der Waals surface area contributed by atoms with Crippen LogP contribution in [0.2, 0.25) is 0 Å². The second-order valence-electron chi connectivity index (χ2n) is 13.8. The van der Waals surface area contributed by atoms with Crippen LogP contribution in [0, 0.1) is 11.6 Å². The molecule has 0 fully saturated rings. The minimum atomic E-state index is -1.27. The lowest BCUT2D eigenvalue weighted by Gasteiger charge is -2.19. The van der Waals surface area contributed by atoms with Crippen molar-refractivity contribution in [1.29, 1.82) is 0 Å². The maximum atomic E-state index is 14.0. The predicted octanol–water partition coefficient (Wildman–Crippen LogP) is 4.23. The van der Waals surface area contributed by atoms with Crippen molar-refractivity contribution < 1.29 is 32.6 Å². The fourth-order valence-corrected chi connectivity index (χ4v) is 5.74. The number of nitrogens with one attached hydrogen (secondary N) is 2. The second kappa shape index (κ2) is 16.0. The van der Waals surface area contributed by atoms with Crippen molar-refractivity contribution in [3.8, 4) is 34.8 Å². The highest BCUT2D eigenvalue weighted by Gasteiger charge is 2.42. The van der Waals surface area contributed by atoms with Gasteiger partial charge in [-0.25, -0.2) is 23.1 Å². The van der Waals surface area contributed by atoms with Crippen molar-refractivity contribution >= 4 is 17.7 Å². The van der Waals surface area contributed by atoms with Crippen molar-refractivity contribution in [2.75, 3.05) is 26.1 Å². The Morgan fingerprint density at radius 1 is 0.825 bits per heavy atom. The summed E-state index contributed by atoms with van der Waals surface area (Å²) in [6.07, 6.45) is 0. The SMILES string of the molecule is CCOC(=O)C(C)(C)c1nnc(-c2cc(OC)n(Cc3ccccc3F)n2)[nH]c1=O.COc1cc(-c2nnc3c(n2)NC(=O)C3(C)C)nn1Cc1ccccc1F. The number of amides is 1. The highest BCUT2D eigenvalue weighted by molar-refractivity contribution is 6.04. The quantitative estimate of drug-likeness (QED) is 0.177. The summed E-state index contributed by atoms with van der Waals surface area (Å²) < 4.78 is 46.5. The molecule has 6 aromatic rings. The first-order valence-corrected chi connectivity index (χ1v) is 17.6. The maximum Gasteiger partial charge on any atom is 0.317 e. The first-order valence-electron chi connectivity index (χ1n) is 17.6. The third kappa shape index (κ3) is 8.07. The number of H-pyrrole nitrogens is 1. The largest absolute Gasteiger partial charge is 0.481 e. The standard InChI is InChI=1S/C20H22FN5O4.C18H17FN6O2/c1-5-30-19(28)20(2,3)16-18(27)22-17(24-23-16)14-10-15(29-4)26(25-14)11-12-8-6-7-9-13(12)21;1-18(2)14-16(21-17(18)26)20-15(23-22-14)12-8-13(27-3)25(24-12)9-10-6-4-5-7-11(10)19/h6-10H,5,11H2,1-4H3,(H,22,24,27);4-8H,9H2,1-3H3,(H,20,21,23,26). The Kier molecular flexibility index (Phi) is 11.2. The third-order valence-electron chi connectivity index (χ3n) is 9.09. The minimum Gasteiger partial charge on any atom is -0.481 e. The van der Waals surface area contributed by atoms with E-state index in [-0.39, 0.29) is 60.3 Å². The van der Waals surface area contributed by atoms with Crippen LogP contribution in [0.15, 0.2) is 65.5 Å². The van der Waals surface area contributed by atoms with Crippen LogP contribution >= 0.6 is 0 Å². The number of hydrogen-bond donors (Lipinski definition) is 2. The van der Waals surface area contributed by atoms with Crippen LogP contribution in [0.25, 0.3) is 23.0 Å². The molecule has 1 amide bonds. The van der Waals surface area contributed by atoms with Gasteiger partial charge < -0.3 is 24.5 Å². The second-order valence-corrected chi connectivity index (χ2v) is 13.8. The van der Waals surface area contributed by atoms with E-state index in [2.05, 4.69) is 45.9 Å².